The Balaban J connectivity index is 1.58. The Morgan fingerprint density at radius 2 is 1.58 bits per heavy atom. The van der Waals surface area contributed by atoms with Crippen LogP contribution in [0.2, 0.25) is 0 Å². The van der Waals surface area contributed by atoms with Crippen molar-refractivity contribution >= 4 is 5.97 Å². The minimum atomic E-state index is -0.784. The Labute approximate surface area is 153 Å². The summed E-state index contributed by atoms with van der Waals surface area (Å²) in [6, 6.07) is 19.9. The highest BCUT2D eigenvalue weighted by molar-refractivity contribution is 5.68. The molecular formula is C22H21NO3. The molecule has 1 aromatic heterocycles. The third kappa shape index (κ3) is 4.70. The van der Waals surface area contributed by atoms with Crippen LogP contribution in [0.4, 0.5) is 0 Å². The lowest BCUT2D eigenvalue weighted by atomic mass is 9.98. The molecule has 0 aliphatic heterocycles. The lowest BCUT2D eigenvalue weighted by Crippen LogP contribution is -2.03. The fourth-order valence-electron chi connectivity index (χ4n) is 2.78. The summed E-state index contributed by atoms with van der Waals surface area (Å²) in [7, 11) is 0. The summed E-state index contributed by atoms with van der Waals surface area (Å²) in [5.41, 5.74) is 4.37. The van der Waals surface area contributed by atoms with Gasteiger partial charge in [0, 0.05) is 12.4 Å². The maximum atomic E-state index is 10.8. The lowest BCUT2D eigenvalue weighted by molar-refractivity contribution is -0.137. The fraction of sp³-hybridized carbons (Fsp3) is 0.182. The average Bonchev–Trinajstić information content (AvgIpc) is 2.67. The van der Waals surface area contributed by atoms with Crippen molar-refractivity contribution in [2.75, 3.05) is 0 Å². The molecule has 1 unspecified atom stereocenters. The summed E-state index contributed by atoms with van der Waals surface area (Å²) < 4.78 is 5.83. The van der Waals surface area contributed by atoms with E-state index < -0.39 is 5.97 Å². The van der Waals surface area contributed by atoms with Gasteiger partial charge in [-0.1, -0.05) is 43.3 Å². The van der Waals surface area contributed by atoms with Gasteiger partial charge in [0.25, 0.3) is 0 Å². The quantitative estimate of drug-likeness (QED) is 0.660. The monoisotopic (exact) mass is 347 g/mol. The van der Waals surface area contributed by atoms with E-state index in [4.69, 9.17) is 9.84 Å². The molecule has 1 heterocycles. The first-order valence-electron chi connectivity index (χ1n) is 8.56. The van der Waals surface area contributed by atoms with Crippen LogP contribution in [-0.2, 0) is 11.4 Å². The number of benzene rings is 2. The highest BCUT2D eigenvalue weighted by atomic mass is 16.5. The molecule has 0 spiro atoms. The van der Waals surface area contributed by atoms with E-state index in [0.29, 0.717) is 6.61 Å². The number of rotatable bonds is 7. The molecule has 3 aromatic rings. The van der Waals surface area contributed by atoms with Crippen molar-refractivity contribution < 1.29 is 14.6 Å². The maximum absolute atomic E-state index is 10.8. The van der Waals surface area contributed by atoms with Crippen molar-refractivity contribution in [2.45, 2.75) is 25.9 Å². The zero-order chi connectivity index (χ0) is 18.4. The molecule has 3 rings (SSSR count). The van der Waals surface area contributed by atoms with Crippen molar-refractivity contribution in [3.8, 4) is 16.9 Å². The van der Waals surface area contributed by atoms with Gasteiger partial charge in [0.15, 0.2) is 0 Å². The van der Waals surface area contributed by atoms with E-state index in [9.17, 15) is 4.79 Å². The molecule has 0 saturated carbocycles. The standard InChI is InChI=1S/C22H21NO3/c1-16(14-22(24)25)18-6-8-21(9-7-18)26-15-17-2-4-19(5-3-17)20-10-12-23-13-11-20/h2-13,16H,14-15H2,1H3,(H,24,25). The third-order valence-corrected chi connectivity index (χ3v) is 4.30. The number of nitrogens with zero attached hydrogens (tertiary/aromatic N) is 1. The van der Waals surface area contributed by atoms with Crippen molar-refractivity contribution in [1.29, 1.82) is 0 Å². The SMILES string of the molecule is CC(CC(=O)O)c1ccc(OCc2ccc(-c3ccncc3)cc2)cc1. The van der Waals surface area contributed by atoms with E-state index in [1.165, 1.54) is 0 Å². The molecule has 0 bridgehead atoms. The van der Waals surface area contributed by atoms with Gasteiger partial charge in [-0.15, -0.1) is 0 Å². The fourth-order valence-corrected chi connectivity index (χ4v) is 2.78. The second-order valence-electron chi connectivity index (χ2n) is 6.29. The maximum Gasteiger partial charge on any atom is 0.303 e. The Hall–Kier alpha value is -3.14. The van der Waals surface area contributed by atoms with Gasteiger partial charge in [0.2, 0.25) is 0 Å². The van der Waals surface area contributed by atoms with E-state index in [1.807, 2.05) is 43.3 Å². The number of aliphatic carboxylic acids is 1. The van der Waals surface area contributed by atoms with Gasteiger partial charge >= 0.3 is 5.97 Å². The van der Waals surface area contributed by atoms with Crippen molar-refractivity contribution in [3.63, 3.8) is 0 Å². The van der Waals surface area contributed by atoms with Crippen LogP contribution >= 0.6 is 0 Å². The highest BCUT2D eigenvalue weighted by Gasteiger charge is 2.10. The highest BCUT2D eigenvalue weighted by Crippen LogP contribution is 2.23. The summed E-state index contributed by atoms with van der Waals surface area (Å²) in [6.07, 6.45) is 3.70. The van der Waals surface area contributed by atoms with Crippen LogP contribution in [0, 0.1) is 0 Å². The molecule has 0 saturated heterocycles. The Kier molecular flexibility index (Phi) is 5.64. The van der Waals surface area contributed by atoms with Crippen molar-refractivity contribution in [1.82, 2.24) is 4.98 Å². The second kappa shape index (κ2) is 8.30. The molecule has 4 heteroatoms. The van der Waals surface area contributed by atoms with Gasteiger partial charge in [-0.2, -0.15) is 0 Å². The summed E-state index contributed by atoms with van der Waals surface area (Å²) in [6.45, 7) is 2.40. The van der Waals surface area contributed by atoms with Crippen molar-refractivity contribution in [2.24, 2.45) is 0 Å². The van der Waals surface area contributed by atoms with Gasteiger partial charge in [0.1, 0.15) is 12.4 Å². The van der Waals surface area contributed by atoms with Gasteiger partial charge in [-0.3, -0.25) is 9.78 Å². The molecule has 2 aromatic carbocycles. The number of carboxylic acid groups (broad SMARTS) is 1. The topological polar surface area (TPSA) is 59.4 Å². The van der Waals surface area contributed by atoms with E-state index in [2.05, 4.69) is 29.2 Å². The number of pyridine rings is 1. The predicted molar refractivity (Wildman–Crippen MR) is 101 cm³/mol. The molecule has 26 heavy (non-hydrogen) atoms. The minimum Gasteiger partial charge on any atom is -0.489 e. The summed E-state index contributed by atoms with van der Waals surface area (Å²) in [5, 5.41) is 8.87. The van der Waals surface area contributed by atoms with Gasteiger partial charge in [-0.25, -0.2) is 0 Å². The Morgan fingerprint density at radius 1 is 0.962 bits per heavy atom. The number of aromatic nitrogens is 1. The van der Waals surface area contributed by atoms with E-state index >= 15 is 0 Å². The van der Waals surface area contributed by atoms with E-state index in [1.54, 1.807) is 12.4 Å². The van der Waals surface area contributed by atoms with Gasteiger partial charge < -0.3 is 9.84 Å². The third-order valence-electron chi connectivity index (χ3n) is 4.30. The van der Waals surface area contributed by atoms with Crippen LogP contribution in [-0.4, -0.2) is 16.1 Å². The first-order chi connectivity index (χ1) is 12.6. The Bertz CT molecular complexity index is 843. The van der Waals surface area contributed by atoms with E-state index in [0.717, 1.165) is 28.0 Å². The van der Waals surface area contributed by atoms with Crippen LogP contribution in [0.5, 0.6) is 5.75 Å². The van der Waals surface area contributed by atoms with Crippen molar-refractivity contribution in [3.05, 3.63) is 84.2 Å². The predicted octanol–water partition coefficient (Wildman–Crippen LogP) is 4.91. The van der Waals surface area contributed by atoms with Gasteiger partial charge in [-0.05, 0) is 52.4 Å². The Morgan fingerprint density at radius 3 is 2.19 bits per heavy atom. The number of carboxylic acids is 1. The van der Waals surface area contributed by atoms with E-state index in [-0.39, 0.29) is 12.3 Å². The van der Waals surface area contributed by atoms with Crippen LogP contribution in [0.3, 0.4) is 0 Å². The molecule has 4 nitrogen and oxygen atoms in total. The molecular weight excluding hydrogens is 326 g/mol. The number of hydrogen-bond acceptors (Lipinski definition) is 3. The summed E-state index contributed by atoms with van der Waals surface area (Å²) >= 11 is 0. The van der Waals surface area contributed by atoms with Crippen LogP contribution < -0.4 is 4.74 Å². The lowest BCUT2D eigenvalue weighted by Gasteiger charge is -2.11. The largest absolute Gasteiger partial charge is 0.489 e. The number of ether oxygens (including phenoxy) is 1. The molecule has 1 atom stereocenters. The first kappa shape index (κ1) is 17.7. The first-order valence-corrected chi connectivity index (χ1v) is 8.56. The molecule has 1 N–H and O–H groups in total. The number of hydrogen-bond donors (Lipinski definition) is 1. The van der Waals surface area contributed by atoms with Crippen LogP contribution in [0.15, 0.2) is 73.1 Å². The molecule has 0 amide bonds. The normalized spacial score (nSPS) is 11.7. The summed E-state index contributed by atoms with van der Waals surface area (Å²) in [4.78, 5) is 14.8. The zero-order valence-electron chi connectivity index (χ0n) is 14.6. The zero-order valence-corrected chi connectivity index (χ0v) is 14.6. The molecule has 0 fully saturated rings. The molecule has 0 aliphatic carbocycles. The number of carbonyl (C=O) groups is 1. The molecule has 0 aliphatic rings. The van der Waals surface area contributed by atoms with Gasteiger partial charge in [0.05, 0.1) is 6.42 Å². The minimum absolute atomic E-state index is 0.0118. The molecule has 132 valence electrons. The second-order valence-corrected chi connectivity index (χ2v) is 6.29. The molecule has 0 radical (unpaired) electrons. The average molecular weight is 347 g/mol. The smallest absolute Gasteiger partial charge is 0.303 e. The van der Waals surface area contributed by atoms with Crippen LogP contribution in [0.1, 0.15) is 30.4 Å². The van der Waals surface area contributed by atoms with Crippen LogP contribution in [0.25, 0.3) is 11.1 Å². The summed E-state index contributed by atoms with van der Waals surface area (Å²) in [5.74, 6) is -0.0233.